The molecular formula is C36H46O3. The van der Waals surface area contributed by atoms with Crippen molar-refractivity contribution in [1.82, 2.24) is 0 Å². The first-order valence-corrected chi connectivity index (χ1v) is 15.1. The summed E-state index contributed by atoms with van der Waals surface area (Å²) < 4.78 is 5.69. The number of Topliss-reactive ketones (excluding diaryl/α,β-unsaturated/α-hetero) is 2. The highest BCUT2D eigenvalue weighted by molar-refractivity contribution is 6.14. The number of hydrogen-bond acceptors (Lipinski definition) is 3. The largest absolute Gasteiger partial charge is 0.493 e. The summed E-state index contributed by atoms with van der Waals surface area (Å²) in [6.07, 6.45) is 15.4. The number of para-hydroxylation sites is 1. The van der Waals surface area contributed by atoms with Crippen LogP contribution in [-0.2, 0) is 6.42 Å². The van der Waals surface area contributed by atoms with E-state index >= 15 is 0 Å². The van der Waals surface area contributed by atoms with Gasteiger partial charge in [-0.2, -0.15) is 0 Å². The van der Waals surface area contributed by atoms with Crippen molar-refractivity contribution < 1.29 is 14.3 Å². The van der Waals surface area contributed by atoms with Crippen molar-refractivity contribution in [2.24, 2.45) is 0 Å². The van der Waals surface area contributed by atoms with E-state index < -0.39 is 0 Å². The Balaban J connectivity index is 1.43. The van der Waals surface area contributed by atoms with Gasteiger partial charge >= 0.3 is 0 Å². The van der Waals surface area contributed by atoms with Crippen LogP contribution < -0.4 is 4.74 Å². The van der Waals surface area contributed by atoms with Crippen LogP contribution in [0.2, 0.25) is 0 Å². The van der Waals surface area contributed by atoms with Crippen LogP contribution in [0.5, 0.6) is 5.75 Å². The van der Waals surface area contributed by atoms with Crippen molar-refractivity contribution in [2.45, 2.75) is 97.3 Å². The number of hydrogen-bond donors (Lipinski definition) is 0. The van der Waals surface area contributed by atoms with Crippen LogP contribution in [0.3, 0.4) is 0 Å². The predicted octanol–water partition coefficient (Wildman–Crippen LogP) is 10.1. The fourth-order valence-corrected chi connectivity index (χ4v) is 4.91. The van der Waals surface area contributed by atoms with E-state index in [1.54, 1.807) is 18.2 Å². The Morgan fingerprint density at radius 2 is 1.15 bits per heavy atom. The third kappa shape index (κ3) is 10.5. The van der Waals surface area contributed by atoms with Crippen LogP contribution in [-0.4, -0.2) is 18.2 Å². The maximum Gasteiger partial charge on any atom is 0.174 e. The van der Waals surface area contributed by atoms with Crippen LogP contribution in [0.15, 0.2) is 72.8 Å². The number of ether oxygens (including phenoxy) is 1. The maximum absolute atomic E-state index is 12.8. The minimum atomic E-state index is -0.214. The SMILES string of the molecule is CCCCCCCCCCCCc1ccc(-c2ccc(C(=O)CC(=O)c3ccccc3OCCC)cc2)cc1. The van der Waals surface area contributed by atoms with Crippen LogP contribution in [0.25, 0.3) is 11.1 Å². The molecule has 3 heteroatoms. The molecule has 3 rings (SSSR count). The zero-order valence-corrected chi connectivity index (χ0v) is 24.1. The third-order valence-corrected chi connectivity index (χ3v) is 7.28. The Labute approximate surface area is 236 Å². The molecule has 0 radical (unpaired) electrons. The van der Waals surface area contributed by atoms with Crippen LogP contribution in [0.1, 0.15) is 117 Å². The van der Waals surface area contributed by atoms with E-state index in [0.29, 0.717) is 23.5 Å². The van der Waals surface area contributed by atoms with Gasteiger partial charge in [-0.1, -0.05) is 132 Å². The van der Waals surface area contributed by atoms with E-state index in [4.69, 9.17) is 4.74 Å². The molecule has 0 aliphatic rings. The van der Waals surface area contributed by atoms with Gasteiger partial charge in [-0.15, -0.1) is 0 Å². The number of rotatable bonds is 19. The fraction of sp³-hybridized carbons (Fsp3) is 0.444. The summed E-state index contributed by atoms with van der Waals surface area (Å²) in [7, 11) is 0. The molecule has 39 heavy (non-hydrogen) atoms. The van der Waals surface area contributed by atoms with Crippen molar-refractivity contribution in [3.05, 3.63) is 89.5 Å². The summed E-state index contributed by atoms with van der Waals surface area (Å²) in [6, 6.07) is 23.5. The molecule has 0 N–H and O–H groups in total. The minimum absolute atomic E-state index is 0.167. The fourth-order valence-electron chi connectivity index (χ4n) is 4.91. The second-order valence-electron chi connectivity index (χ2n) is 10.6. The van der Waals surface area contributed by atoms with Crippen molar-refractivity contribution in [3.63, 3.8) is 0 Å². The first kappa shape index (κ1) is 30.3. The van der Waals surface area contributed by atoms with Crippen LogP contribution in [0, 0.1) is 0 Å². The quantitative estimate of drug-likeness (QED) is 0.0886. The highest BCUT2D eigenvalue weighted by atomic mass is 16.5. The monoisotopic (exact) mass is 526 g/mol. The van der Waals surface area contributed by atoms with Crippen molar-refractivity contribution in [2.75, 3.05) is 6.61 Å². The zero-order valence-electron chi connectivity index (χ0n) is 24.1. The van der Waals surface area contributed by atoms with Gasteiger partial charge in [0.05, 0.1) is 18.6 Å². The van der Waals surface area contributed by atoms with Gasteiger partial charge < -0.3 is 4.74 Å². The molecule has 0 atom stereocenters. The van der Waals surface area contributed by atoms with Gasteiger partial charge in [0.25, 0.3) is 0 Å². The molecule has 3 aromatic rings. The van der Waals surface area contributed by atoms with Gasteiger partial charge in [-0.05, 0) is 48.1 Å². The van der Waals surface area contributed by atoms with Gasteiger partial charge in [0.15, 0.2) is 11.6 Å². The summed E-state index contributed by atoms with van der Waals surface area (Å²) in [5.74, 6) is 0.154. The number of carbonyl (C=O) groups excluding carboxylic acids is 2. The number of carbonyl (C=O) groups is 2. The molecule has 0 bridgehead atoms. The number of unbranched alkanes of at least 4 members (excludes halogenated alkanes) is 9. The Hall–Kier alpha value is -3.20. The van der Waals surface area contributed by atoms with Crippen molar-refractivity contribution in [3.8, 4) is 16.9 Å². The summed E-state index contributed by atoms with van der Waals surface area (Å²) in [4.78, 5) is 25.6. The predicted molar refractivity (Wildman–Crippen MR) is 163 cm³/mol. The summed E-state index contributed by atoms with van der Waals surface area (Å²) >= 11 is 0. The Bertz CT molecular complexity index is 1130. The Morgan fingerprint density at radius 3 is 1.77 bits per heavy atom. The third-order valence-electron chi connectivity index (χ3n) is 7.28. The summed E-state index contributed by atoms with van der Waals surface area (Å²) in [5, 5.41) is 0. The Morgan fingerprint density at radius 1 is 0.590 bits per heavy atom. The van der Waals surface area contributed by atoms with Gasteiger partial charge in [0, 0.05) is 5.56 Å². The topological polar surface area (TPSA) is 43.4 Å². The standard InChI is InChI=1S/C36H46O3/c1-3-5-6-7-8-9-10-11-12-13-16-29-19-21-30(22-20-29)31-23-25-32(26-24-31)34(37)28-35(38)33-17-14-15-18-36(33)39-27-4-2/h14-15,17-26H,3-13,16,27-28H2,1-2H3. The van der Waals surface area contributed by atoms with Crippen LogP contribution in [0.4, 0.5) is 0 Å². The second kappa shape index (κ2) is 17.4. The molecule has 0 saturated carbocycles. The van der Waals surface area contributed by atoms with E-state index in [9.17, 15) is 9.59 Å². The molecular weight excluding hydrogens is 480 g/mol. The first-order chi connectivity index (χ1) is 19.1. The van der Waals surface area contributed by atoms with E-state index in [0.717, 1.165) is 24.0 Å². The van der Waals surface area contributed by atoms with E-state index in [2.05, 4.69) is 31.2 Å². The molecule has 0 unspecified atom stereocenters. The van der Waals surface area contributed by atoms with E-state index in [1.807, 2.05) is 37.3 Å². The van der Waals surface area contributed by atoms with Gasteiger partial charge in [0.2, 0.25) is 0 Å². The lowest BCUT2D eigenvalue weighted by atomic mass is 9.97. The Kier molecular flexibility index (Phi) is 13.5. The number of benzene rings is 3. The molecule has 0 heterocycles. The normalized spacial score (nSPS) is 10.9. The minimum Gasteiger partial charge on any atom is -0.493 e. The lowest BCUT2D eigenvalue weighted by Crippen LogP contribution is -2.10. The average molecular weight is 527 g/mol. The van der Waals surface area contributed by atoms with E-state index in [1.165, 1.54) is 69.8 Å². The molecule has 208 valence electrons. The smallest absolute Gasteiger partial charge is 0.174 e. The second-order valence-corrected chi connectivity index (χ2v) is 10.6. The summed E-state index contributed by atoms with van der Waals surface area (Å²) in [6.45, 7) is 4.83. The van der Waals surface area contributed by atoms with Gasteiger partial charge in [-0.3, -0.25) is 9.59 Å². The molecule has 0 aliphatic heterocycles. The molecule has 0 spiro atoms. The van der Waals surface area contributed by atoms with Gasteiger partial charge in [0.1, 0.15) is 5.75 Å². The molecule has 0 saturated heterocycles. The highest BCUT2D eigenvalue weighted by Crippen LogP contribution is 2.24. The lowest BCUT2D eigenvalue weighted by Gasteiger charge is -2.10. The molecule has 0 fully saturated rings. The highest BCUT2D eigenvalue weighted by Gasteiger charge is 2.17. The number of ketones is 2. The molecule has 0 aromatic heterocycles. The molecule has 3 nitrogen and oxygen atoms in total. The van der Waals surface area contributed by atoms with Crippen LogP contribution >= 0.6 is 0 Å². The molecule has 3 aromatic carbocycles. The lowest BCUT2D eigenvalue weighted by molar-refractivity contribution is 0.0892. The van der Waals surface area contributed by atoms with Crippen molar-refractivity contribution in [1.29, 1.82) is 0 Å². The molecule has 0 amide bonds. The average Bonchev–Trinajstić information content (AvgIpc) is 2.97. The van der Waals surface area contributed by atoms with Crippen molar-refractivity contribution >= 4 is 11.6 Å². The number of aryl methyl sites for hydroxylation is 1. The first-order valence-electron chi connectivity index (χ1n) is 15.1. The maximum atomic E-state index is 12.8. The molecule has 0 aliphatic carbocycles. The summed E-state index contributed by atoms with van der Waals surface area (Å²) in [5.41, 5.74) is 4.61. The van der Waals surface area contributed by atoms with E-state index in [-0.39, 0.29) is 18.0 Å². The van der Waals surface area contributed by atoms with Gasteiger partial charge in [-0.25, -0.2) is 0 Å². The zero-order chi connectivity index (χ0) is 27.7.